The lowest BCUT2D eigenvalue weighted by molar-refractivity contribution is 0.0950. The molecular formula is C14H22N4O. The van der Waals surface area contributed by atoms with Crippen LogP contribution < -0.4 is 16.6 Å². The predicted octanol–water partition coefficient (Wildman–Crippen LogP) is 1.11. The smallest absolute Gasteiger partial charge is 0.253 e. The molecule has 1 aliphatic heterocycles. The molecule has 1 saturated heterocycles. The molecule has 5 nitrogen and oxygen atoms in total. The van der Waals surface area contributed by atoms with Gasteiger partial charge in [0.2, 0.25) is 0 Å². The van der Waals surface area contributed by atoms with Gasteiger partial charge < -0.3 is 15.6 Å². The van der Waals surface area contributed by atoms with E-state index in [4.69, 9.17) is 5.84 Å². The van der Waals surface area contributed by atoms with Gasteiger partial charge in [-0.2, -0.15) is 0 Å². The Bertz CT molecular complexity index is 441. The lowest BCUT2D eigenvalue weighted by Gasteiger charge is -2.15. The molecule has 4 N–H and O–H groups in total. The van der Waals surface area contributed by atoms with Crippen LogP contribution >= 0.6 is 0 Å². The summed E-state index contributed by atoms with van der Waals surface area (Å²) in [6, 6.07) is 5.60. The molecule has 1 fully saturated rings. The molecule has 1 aromatic rings. The van der Waals surface area contributed by atoms with E-state index >= 15 is 0 Å². The van der Waals surface area contributed by atoms with Crippen molar-refractivity contribution in [1.29, 1.82) is 0 Å². The molecule has 0 unspecified atom stereocenters. The maximum absolute atomic E-state index is 12.1. The number of aryl methyl sites for hydroxylation is 1. The quantitative estimate of drug-likeness (QED) is 0.549. The minimum Gasteiger partial charge on any atom is -0.351 e. The molecule has 1 heterocycles. The molecule has 0 saturated carbocycles. The molecule has 104 valence electrons. The van der Waals surface area contributed by atoms with E-state index in [0.717, 1.165) is 25.2 Å². The van der Waals surface area contributed by atoms with E-state index in [1.54, 1.807) is 0 Å². The third-order valence-corrected chi connectivity index (χ3v) is 3.49. The van der Waals surface area contributed by atoms with Crippen LogP contribution in [0.4, 0.5) is 5.69 Å². The number of nitrogen functional groups attached to an aromatic ring is 1. The molecule has 0 bridgehead atoms. The van der Waals surface area contributed by atoms with Crippen LogP contribution in [-0.2, 0) is 0 Å². The fraction of sp³-hybridized carbons (Fsp3) is 0.500. The van der Waals surface area contributed by atoms with E-state index in [1.807, 2.05) is 25.1 Å². The zero-order chi connectivity index (χ0) is 13.7. The molecule has 0 atom stereocenters. The molecule has 5 heteroatoms. The number of nitrogens with zero attached hydrogens (tertiary/aromatic N) is 1. The highest BCUT2D eigenvalue weighted by Gasteiger charge is 2.13. The van der Waals surface area contributed by atoms with Gasteiger partial charge >= 0.3 is 0 Å². The number of carbonyl (C=O) groups excluding carboxylic acids is 1. The van der Waals surface area contributed by atoms with Gasteiger partial charge in [0, 0.05) is 13.1 Å². The second-order valence-electron chi connectivity index (χ2n) is 5.00. The number of carbonyl (C=O) groups is 1. The van der Waals surface area contributed by atoms with Crippen molar-refractivity contribution in [3.8, 4) is 0 Å². The van der Waals surface area contributed by atoms with Crippen molar-refractivity contribution in [2.75, 3.05) is 31.6 Å². The second-order valence-corrected chi connectivity index (χ2v) is 5.00. The first-order valence-corrected chi connectivity index (χ1v) is 6.78. The zero-order valence-corrected chi connectivity index (χ0v) is 11.4. The van der Waals surface area contributed by atoms with Crippen molar-refractivity contribution in [3.63, 3.8) is 0 Å². The Hall–Kier alpha value is -1.59. The normalized spacial score (nSPS) is 15.5. The molecule has 1 aromatic carbocycles. The van der Waals surface area contributed by atoms with Crippen LogP contribution in [0.5, 0.6) is 0 Å². The number of hydrogen-bond acceptors (Lipinski definition) is 4. The first kappa shape index (κ1) is 13.8. The van der Waals surface area contributed by atoms with Gasteiger partial charge in [-0.1, -0.05) is 11.6 Å². The summed E-state index contributed by atoms with van der Waals surface area (Å²) in [5.74, 6) is 5.36. The van der Waals surface area contributed by atoms with Gasteiger partial charge in [-0.15, -0.1) is 0 Å². The molecule has 0 radical (unpaired) electrons. The van der Waals surface area contributed by atoms with Gasteiger partial charge in [0.05, 0.1) is 11.3 Å². The number of nitrogens with two attached hydrogens (primary N) is 1. The van der Waals surface area contributed by atoms with Gasteiger partial charge in [-0.3, -0.25) is 10.6 Å². The highest BCUT2D eigenvalue weighted by atomic mass is 16.1. The standard InChI is InChI=1S/C14H22N4O/c1-11-4-5-13(17-15)12(10-11)14(19)16-6-9-18-7-2-3-8-18/h4-5,10,17H,2-3,6-9,15H2,1H3,(H,16,19). The van der Waals surface area contributed by atoms with Crippen LogP contribution in [0.2, 0.25) is 0 Å². The minimum atomic E-state index is -0.0733. The number of hydrazine groups is 1. The highest BCUT2D eigenvalue weighted by molar-refractivity contribution is 5.99. The fourth-order valence-electron chi connectivity index (χ4n) is 2.40. The van der Waals surface area contributed by atoms with Crippen LogP contribution in [-0.4, -0.2) is 37.0 Å². The number of amides is 1. The fourth-order valence-corrected chi connectivity index (χ4v) is 2.40. The predicted molar refractivity (Wildman–Crippen MR) is 77.0 cm³/mol. The largest absolute Gasteiger partial charge is 0.351 e. The van der Waals surface area contributed by atoms with Crippen molar-refractivity contribution in [2.45, 2.75) is 19.8 Å². The molecule has 0 aliphatic carbocycles. The average Bonchev–Trinajstić information content (AvgIpc) is 2.91. The molecule has 0 spiro atoms. The summed E-state index contributed by atoms with van der Waals surface area (Å²) >= 11 is 0. The van der Waals surface area contributed by atoms with Crippen molar-refractivity contribution >= 4 is 11.6 Å². The van der Waals surface area contributed by atoms with E-state index in [9.17, 15) is 4.79 Å². The van der Waals surface area contributed by atoms with E-state index in [2.05, 4.69) is 15.6 Å². The summed E-state index contributed by atoms with van der Waals surface area (Å²) in [5.41, 5.74) is 4.87. The van der Waals surface area contributed by atoms with E-state index in [0.29, 0.717) is 17.8 Å². The summed E-state index contributed by atoms with van der Waals surface area (Å²) < 4.78 is 0. The van der Waals surface area contributed by atoms with Crippen molar-refractivity contribution < 1.29 is 4.79 Å². The molecule has 0 aromatic heterocycles. The molecule has 1 amide bonds. The van der Waals surface area contributed by atoms with E-state index in [1.165, 1.54) is 12.8 Å². The van der Waals surface area contributed by atoms with Crippen LogP contribution in [0.3, 0.4) is 0 Å². The Balaban J connectivity index is 1.89. The van der Waals surface area contributed by atoms with Gasteiger partial charge in [-0.25, -0.2) is 0 Å². The van der Waals surface area contributed by atoms with Gasteiger partial charge in [0.25, 0.3) is 5.91 Å². The topological polar surface area (TPSA) is 70.4 Å². The van der Waals surface area contributed by atoms with Gasteiger partial charge in [-0.05, 0) is 45.0 Å². The summed E-state index contributed by atoms with van der Waals surface area (Å²) in [6.07, 6.45) is 2.54. The number of rotatable bonds is 5. The molecule has 2 rings (SSSR count). The number of likely N-dealkylation sites (tertiary alicyclic amines) is 1. The Morgan fingerprint density at radius 3 is 2.79 bits per heavy atom. The Kier molecular flexibility index (Phi) is 4.76. The van der Waals surface area contributed by atoms with E-state index in [-0.39, 0.29) is 5.91 Å². The van der Waals surface area contributed by atoms with Crippen LogP contribution in [0.1, 0.15) is 28.8 Å². The van der Waals surface area contributed by atoms with Gasteiger partial charge in [0.1, 0.15) is 0 Å². The highest BCUT2D eigenvalue weighted by Crippen LogP contribution is 2.16. The lowest BCUT2D eigenvalue weighted by atomic mass is 10.1. The third-order valence-electron chi connectivity index (χ3n) is 3.49. The Labute approximate surface area is 114 Å². The summed E-state index contributed by atoms with van der Waals surface area (Å²) in [6.45, 7) is 5.85. The van der Waals surface area contributed by atoms with E-state index < -0.39 is 0 Å². The van der Waals surface area contributed by atoms with Crippen molar-refractivity contribution in [2.24, 2.45) is 5.84 Å². The number of benzene rings is 1. The SMILES string of the molecule is Cc1ccc(NN)c(C(=O)NCCN2CCCC2)c1. The molecular weight excluding hydrogens is 240 g/mol. The summed E-state index contributed by atoms with van der Waals surface area (Å²) in [4.78, 5) is 14.5. The molecule has 19 heavy (non-hydrogen) atoms. The number of nitrogens with one attached hydrogen (secondary N) is 2. The second kappa shape index (κ2) is 6.54. The Morgan fingerprint density at radius 2 is 2.11 bits per heavy atom. The lowest BCUT2D eigenvalue weighted by Crippen LogP contribution is -2.34. The summed E-state index contributed by atoms with van der Waals surface area (Å²) in [7, 11) is 0. The number of hydrogen-bond donors (Lipinski definition) is 3. The maximum atomic E-state index is 12.1. The average molecular weight is 262 g/mol. The third kappa shape index (κ3) is 3.68. The van der Waals surface area contributed by atoms with Crippen LogP contribution in [0.15, 0.2) is 18.2 Å². The van der Waals surface area contributed by atoms with Crippen molar-refractivity contribution in [3.05, 3.63) is 29.3 Å². The maximum Gasteiger partial charge on any atom is 0.253 e. The Morgan fingerprint density at radius 1 is 1.37 bits per heavy atom. The number of anilines is 1. The molecule has 1 aliphatic rings. The monoisotopic (exact) mass is 262 g/mol. The minimum absolute atomic E-state index is 0.0733. The summed E-state index contributed by atoms with van der Waals surface area (Å²) in [5, 5.41) is 2.95. The van der Waals surface area contributed by atoms with Crippen LogP contribution in [0.25, 0.3) is 0 Å². The van der Waals surface area contributed by atoms with Crippen molar-refractivity contribution in [1.82, 2.24) is 10.2 Å². The van der Waals surface area contributed by atoms with Gasteiger partial charge in [0.15, 0.2) is 0 Å². The van der Waals surface area contributed by atoms with Crippen LogP contribution in [0, 0.1) is 6.92 Å². The zero-order valence-electron chi connectivity index (χ0n) is 11.4. The first-order chi connectivity index (χ1) is 9.20. The first-order valence-electron chi connectivity index (χ1n) is 6.78.